The van der Waals surface area contributed by atoms with Crippen LogP contribution in [0.5, 0.6) is 5.75 Å². The molecule has 0 unspecified atom stereocenters. The molecule has 0 atom stereocenters. The minimum atomic E-state index is -0.606. The van der Waals surface area contributed by atoms with Crippen molar-refractivity contribution in [3.63, 3.8) is 0 Å². The molecule has 19 nitrogen and oxygen atoms in total. The quantitative estimate of drug-likeness (QED) is 0.0412. The van der Waals surface area contributed by atoms with E-state index >= 15 is 0 Å². The molecule has 5 aromatic heterocycles. The molecular formula is C54H64N8O11. The van der Waals surface area contributed by atoms with Gasteiger partial charge in [-0.15, -0.1) is 0 Å². The van der Waals surface area contributed by atoms with Crippen molar-refractivity contribution in [1.29, 1.82) is 0 Å². The lowest BCUT2D eigenvalue weighted by Crippen LogP contribution is -2.27. The molecule has 1 amide bonds. The fourth-order valence-electron chi connectivity index (χ4n) is 6.98. The lowest BCUT2D eigenvalue weighted by atomic mass is 10.1. The zero-order chi connectivity index (χ0) is 53.2. The van der Waals surface area contributed by atoms with Crippen LogP contribution >= 0.6 is 0 Å². The minimum absolute atomic E-state index is 0.187. The summed E-state index contributed by atoms with van der Waals surface area (Å²) in [5.41, 5.74) is 7.85. The van der Waals surface area contributed by atoms with Gasteiger partial charge in [0.15, 0.2) is 0 Å². The molecule has 0 saturated heterocycles. The van der Waals surface area contributed by atoms with Crippen LogP contribution in [0.3, 0.4) is 0 Å². The second-order valence-electron chi connectivity index (χ2n) is 17.2. The fraction of sp³-hybridized carbons (Fsp3) is 0.333. The van der Waals surface area contributed by atoms with E-state index in [-0.39, 0.29) is 11.4 Å². The van der Waals surface area contributed by atoms with Gasteiger partial charge in [-0.25, -0.2) is 24.4 Å². The fourth-order valence-corrected chi connectivity index (χ4v) is 6.98. The second-order valence-corrected chi connectivity index (χ2v) is 17.2. The largest absolute Gasteiger partial charge is 0.493 e. The number of anilines is 1. The van der Waals surface area contributed by atoms with E-state index in [0.29, 0.717) is 93.8 Å². The number of esters is 2. The molecule has 0 saturated carbocycles. The predicted octanol–water partition coefficient (Wildman–Crippen LogP) is 7.80. The molecule has 73 heavy (non-hydrogen) atoms. The molecule has 19 heteroatoms. The smallest absolute Gasteiger partial charge is 0.412 e. The Bertz CT molecular complexity index is 2600. The van der Waals surface area contributed by atoms with Crippen molar-refractivity contribution in [3.8, 4) is 5.75 Å². The highest BCUT2D eigenvalue weighted by Crippen LogP contribution is 2.22. The summed E-state index contributed by atoms with van der Waals surface area (Å²) in [6, 6.07) is 33.9. The number of carbonyl (C=O) groups is 5. The first-order valence-electron chi connectivity index (χ1n) is 23.1. The van der Waals surface area contributed by atoms with E-state index in [0.717, 1.165) is 34.0 Å². The van der Waals surface area contributed by atoms with E-state index in [2.05, 4.69) is 34.6 Å². The topological polar surface area (TPSA) is 224 Å². The van der Waals surface area contributed by atoms with Gasteiger partial charge in [0.2, 0.25) is 0 Å². The van der Waals surface area contributed by atoms with Gasteiger partial charge in [0.25, 0.3) is 12.9 Å². The number of aromatic nitrogens is 5. The summed E-state index contributed by atoms with van der Waals surface area (Å²) in [6.45, 7) is 13.0. The van der Waals surface area contributed by atoms with Gasteiger partial charge in [-0.2, -0.15) is 0 Å². The van der Waals surface area contributed by atoms with Gasteiger partial charge in [-0.1, -0.05) is 36.4 Å². The van der Waals surface area contributed by atoms with Gasteiger partial charge in [0.1, 0.15) is 22.7 Å². The van der Waals surface area contributed by atoms with E-state index in [1.165, 1.54) is 28.4 Å². The van der Waals surface area contributed by atoms with Crippen LogP contribution in [0.1, 0.15) is 92.9 Å². The lowest BCUT2D eigenvalue weighted by Gasteiger charge is -2.24. The molecule has 0 radical (unpaired) electrons. The standard InChI is InChI=1S/C50H56N8O7.2C2H4O2/c1-34-12-8-14-38(51-34)28-57(29-39-15-9-13-35(2)52-39)32-42-26-44(64-25-24-36-20-22-37(23-21-36)56-49(61)65-50(3,4)5)27-43(53-42)33-58(30-40-16-10-18-45(54-40)47(59)62-6)31-41-17-11-19-46(55-41)48(60)63-7;2*1-4-2-3/h8-23,26-27H,24-25,28-33H2,1-7H3,(H,56,61);2*2H,1H3. The number of benzene rings is 1. The van der Waals surface area contributed by atoms with Crippen LogP contribution in [0.25, 0.3) is 0 Å². The van der Waals surface area contributed by atoms with Crippen LogP contribution in [0.15, 0.2) is 109 Å². The molecule has 1 N–H and O–H groups in total. The van der Waals surface area contributed by atoms with Crippen molar-refractivity contribution in [1.82, 2.24) is 34.7 Å². The van der Waals surface area contributed by atoms with Crippen molar-refractivity contribution in [2.24, 2.45) is 0 Å². The van der Waals surface area contributed by atoms with Crippen molar-refractivity contribution < 1.29 is 52.4 Å². The highest BCUT2D eigenvalue weighted by atomic mass is 16.6. The Balaban J connectivity index is 0.00000134. The maximum Gasteiger partial charge on any atom is 0.412 e. The molecule has 0 aliphatic carbocycles. The van der Waals surface area contributed by atoms with E-state index in [9.17, 15) is 14.4 Å². The Morgan fingerprint density at radius 2 is 0.945 bits per heavy atom. The summed E-state index contributed by atoms with van der Waals surface area (Å²) in [6.07, 6.45) is 0.0812. The summed E-state index contributed by atoms with van der Waals surface area (Å²) >= 11 is 0. The maximum atomic E-state index is 12.5. The van der Waals surface area contributed by atoms with Gasteiger partial charge in [-0.05, 0) is 101 Å². The molecule has 1 aromatic carbocycles. The highest BCUT2D eigenvalue weighted by molar-refractivity contribution is 5.87. The van der Waals surface area contributed by atoms with E-state index in [1.54, 1.807) is 24.3 Å². The molecule has 0 fully saturated rings. The Morgan fingerprint density at radius 3 is 1.33 bits per heavy atom. The van der Waals surface area contributed by atoms with Crippen molar-refractivity contribution >= 4 is 36.7 Å². The molecule has 0 bridgehead atoms. The number of nitrogens with zero attached hydrogens (tertiary/aromatic N) is 7. The Hall–Kier alpha value is -8.16. The van der Waals surface area contributed by atoms with Crippen LogP contribution in [-0.4, -0.2) is 106 Å². The summed E-state index contributed by atoms with van der Waals surface area (Å²) in [5.74, 6) is -0.449. The maximum absolute atomic E-state index is 12.5. The van der Waals surface area contributed by atoms with Gasteiger partial charge in [0.05, 0.1) is 69.2 Å². The molecule has 0 aliphatic heterocycles. The van der Waals surface area contributed by atoms with Crippen molar-refractivity contribution in [2.45, 2.75) is 85.9 Å². The zero-order valence-corrected chi connectivity index (χ0v) is 42.8. The van der Waals surface area contributed by atoms with Crippen molar-refractivity contribution in [3.05, 3.63) is 172 Å². The number of rotatable bonds is 21. The van der Waals surface area contributed by atoms with Crippen LogP contribution in [0, 0.1) is 13.8 Å². The molecule has 5 heterocycles. The van der Waals surface area contributed by atoms with Crippen molar-refractivity contribution in [2.75, 3.05) is 40.4 Å². The van der Waals surface area contributed by atoms with Gasteiger partial charge >= 0.3 is 18.0 Å². The van der Waals surface area contributed by atoms with Gasteiger partial charge in [-0.3, -0.25) is 39.7 Å². The summed E-state index contributed by atoms with van der Waals surface area (Å²) in [7, 11) is 5.26. The van der Waals surface area contributed by atoms with Crippen LogP contribution in [0.4, 0.5) is 10.5 Å². The number of hydrogen-bond acceptors (Lipinski definition) is 18. The normalized spacial score (nSPS) is 10.7. The number of ether oxygens (including phenoxy) is 6. The number of aryl methyl sites for hydroxylation is 2. The molecule has 0 spiro atoms. The number of carbonyl (C=O) groups excluding carboxylic acids is 5. The summed E-state index contributed by atoms with van der Waals surface area (Å²) in [5, 5.41) is 2.77. The minimum Gasteiger partial charge on any atom is -0.493 e. The van der Waals surface area contributed by atoms with Gasteiger partial charge < -0.3 is 28.4 Å². The highest BCUT2D eigenvalue weighted by Gasteiger charge is 2.19. The third-order valence-corrected chi connectivity index (χ3v) is 9.96. The molecular weight excluding hydrogens is 937 g/mol. The first kappa shape index (κ1) is 57.4. The number of pyridine rings is 5. The van der Waals surface area contributed by atoms with Crippen LogP contribution in [-0.2, 0) is 79.0 Å². The first-order chi connectivity index (χ1) is 35.0. The average Bonchev–Trinajstić information content (AvgIpc) is 3.36. The number of methoxy groups -OCH3 is 4. The first-order valence-corrected chi connectivity index (χ1v) is 23.1. The Labute approximate surface area is 426 Å². The Morgan fingerprint density at radius 1 is 0.548 bits per heavy atom. The van der Waals surface area contributed by atoms with Crippen LogP contribution in [0.2, 0.25) is 0 Å². The molecule has 6 aromatic rings. The molecule has 0 aliphatic rings. The molecule has 6 rings (SSSR count). The zero-order valence-electron chi connectivity index (χ0n) is 42.8. The second kappa shape index (κ2) is 29.9. The van der Waals surface area contributed by atoms with Gasteiger partial charge in [0, 0.05) is 74.9 Å². The number of nitrogens with one attached hydrogen (secondary N) is 1. The van der Waals surface area contributed by atoms with E-state index < -0.39 is 23.6 Å². The molecule has 386 valence electrons. The number of amides is 1. The third kappa shape index (κ3) is 21.4. The summed E-state index contributed by atoms with van der Waals surface area (Å²) < 4.78 is 29.5. The average molecular weight is 1000 g/mol. The SMILES string of the molecule is COC(=O)c1cccc(CN(Cc2cc(OCCc3ccc(NC(=O)OC(C)(C)C)cc3)cc(CN(Cc3cccc(C)n3)Cc3cccc(C)n3)n2)Cc2cccc(C(=O)OC)n2)n1.COC=O.COC=O. The predicted molar refractivity (Wildman–Crippen MR) is 271 cm³/mol. The Kier molecular flexibility index (Phi) is 23.5. The summed E-state index contributed by atoms with van der Waals surface area (Å²) in [4.78, 5) is 83.5. The monoisotopic (exact) mass is 1000 g/mol. The van der Waals surface area contributed by atoms with Crippen LogP contribution < -0.4 is 10.1 Å². The van der Waals surface area contributed by atoms with E-state index in [1.807, 2.05) is 120 Å². The number of hydrogen-bond donors (Lipinski definition) is 1. The lowest BCUT2D eigenvalue weighted by molar-refractivity contribution is -0.126. The van der Waals surface area contributed by atoms with E-state index in [4.69, 9.17) is 43.5 Å². The third-order valence-electron chi connectivity index (χ3n) is 9.96.